The first-order chi connectivity index (χ1) is 8.40. The van der Waals surface area contributed by atoms with Crippen LogP contribution in [-0.4, -0.2) is 12.8 Å². The second-order valence-electron chi connectivity index (χ2n) is 4.36. The van der Waals surface area contributed by atoms with Gasteiger partial charge in [0.25, 0.3) is 0 Å². The molecule has 0 N–H and O–H groups in total. The molecule has 0 unspecified atom stereocenters. The van der Waals surface area contributed by atoms with Crippen molar-refractivity contribution in [2.75, 3.05) is 7.11 Å². The molecule has 17 heavy (non-hydrogen) atoms. The van der Waals surface area contributed by atoms with Crippen LogP contribution in [0, 0.1) is 0 Å². The molecule has 1 aromatic carbocycles. The second kappa shape index (κ2) is 6.24. The van der Waals surface area contributed by atoms with E-state index in [1.807, 2.05) is 6.07 Å². The van der Waals surface area contributed by atoms with Gasteiger partial charge in [0.2, 0.25) is 0 Å². The van der Waals surface area contributed by atoms with Crippen molar-refractivity contribution < 1.29 is 4.84 Å². The summed E-state index contributed by atoms with van der Waals surface area (Å²) < 4.78 is 0. The lowest BCUT2D eigenvalue weighted by atomic mass is 10.0. The minimum atomic E-state index is 1.03. The molecule has 1 aromatic rings. The van der Waals surface area contributed by atoms with Gasteiger partial charge in [-0.05, 0) is 42.9 Å². The third-order valence-corrected chi connectivity index (χ3v) is 3.07. The summed E-state index contributed by atoms with van der Waals surface area (Å²) in [5.41, 5.74) is 3.69. The zero-order chi connectivity index (χ0) is 11.9. The third-order valence-electron chi connectivity index (χ3n) is 3.07. The van der Waals surface area contributed by atoms with E-state index in [9.17, 15) is 0 Å². The summed E-state index contributed by atoms with van der Waals surface area (Å²) in [5.74, 6) is 0. The van der Waals surface area contributed by atoms with E-state index in [1.165, 1.54) is 30.4 Å². The molecular formula is C15H19NO. The number of allylic oxidation sites excluding steroid dienone is 1. The van der Waals surface area contributed by atoms with E-state index in [4.69, 9.17) is 4.84 Å². The van der Waals surface area contributed by atoms with Gasteiger partial charge in [0.1, 0.15) is 7.11 Å². The fraction of sp³-hybridized carbons (Fsp3) is 0.400. The molecule has 1 aliphatic rings. The van der Waals surface area contributed by atoms with Crippen LogP contribution in [0.5, 0.6) is 0 Å². The van der Waals surface area contributed by atoms with Crippen molar-refractivity contribution in [3.05, 3.63) is 41.5 Å². The Bertz CT molecular complexity index is 406. The molecule has 0 radical (unpaired) electrons. The molecule has 0 aromatic heterocycles. The molecule has 0 spiro atoms. The summed E-state index contributed by atoms with van der Waals surface area (Å²) >= 11 is 0. The number of rotatable bonds is 2. The molecule has 0 saturated heterocycles. The van der Waals surface area contributed by atoms with Gasteiger partial charge in [-0.2, -0.15) is 0 Å². The molecule has 2 rings (SSSR count). The molecular weight excluding hydrogens is 210 g/mol. The van der Waals surface area contributed by atoms with E-state index in [1.54, 1.807) is 7.11 Å². The topological polar surface area (TPSA) is 21.6 Å². The van der Waals surface area contributed by atoms with E-state index in [0.717, 1.165) is 18.6 Å². The molecule has 90 valence electrons. The van der Waals surface area contributed by atoms with Crippen molar-refractivity contribution in [2.24, 2.45) is 5.16 Å². The summed E-state index contributed by atoms with van der Waals surface area (Å²) in [4.78, 5) is 4.95. The van der Waals surface area contributed by atoms with Gasteiger partial charge in [0.15, 0.2) is 0 Å². The van der Waals surface area contributed by atoms with Crippen molar-refractivity contribution in [1.82, 2.24) is 0 Å². The predicted octanol–water partition coefficient (Wildman–Crippen LogP) is 4.04. The van der Waals surface area contributed by atoms with Crippen molar-refractivity contribution in [3.8, 4) is 0 Å². The first-order valence-electron chi connectivity index (χ1n) is 6.26. The molecule has 0 atom stereocenters. The van der Waals surface area contributed by atoms with E-state index in [-0.39, 0.29) is 0 Å². The highest BCUT2D eigenvalue weighted by Gasteiger charge is 2.12. The number of hydrogen-bond donors (Lipinski definition) is 0. The van der Waals surface area contributed by atoms with Gasteiger partial charge in [-0.25, -0.2) is 0 Å². The van der Waals surface area contributed by atoms with Crippen molar-refractivity contribution in [3.63, 3.8) is 0 Å². The van der Waals surface area contributed by atoms with Gasteiger partial charge in [0.05, 0.1) is 5.71 Å². The maximum absolute atomic E-state index is 4.95. The van der Waals surface area contributed by atoms with Gasteiger partial charge < -0.3 is 4.84 Å². The lowest BCUT2D eigenvalue weighted by molar-refractivity contribution is 0.212. The fourth-order valence-corrected chi connectivity index (χ4v) is 2.21. The Balaban J connectivity index is 2.26. The van der Waals surface area contributed by atoms with Crippen LogP contribution in [0.2, 0.25) is 0 Å². The molecule has 2 nitrogen and oxygen atoms in total. The van der Waals surface area contributed by atoms with Crippen LogP contribution in [0.15, 0.2) is 41.1 Å². The highest BCUT2D eigenvalue weighted by atomic mass is 16.6. The highest BCUT2D eigenvalue weighted by molar-refractivity contribution is 6.03. The lowest BCUT2D eigenvalue weighted by Crippen LogP contribution is -2.01. The molecule has 0 bridgehead atoms. The first-order valence-corrected chi connectivity index (χ1v) is 6.26. The monoisotopic (exact) mass is 229 g/mol. The number of hydrogen-bond acceptors (Lipinski definition) is 2. The largest absolute Gasteiger partial charge is 0.399 e. The SMILES string of the molecule is CO/N=C1\CCCCC\C1=C/c1ccccc1. The number of nitrogens with zero attached hydrogens (tertiary/aromatic N) is 1. The molecule has 0 amide bonds. The van der Waals surface area contributed by atoms with Crippen molar-refractivity contribution >= 4 is 11.8 Å². The lowest BCUT2D eigenvalue weighted by Gasteiger charge is -2.06. The third kappa shape index (κ3) is 3.45. The summed E-state index contributed by atoms with van der Waals surface area (Å²) in [5, 5.41) is 4.17. The average Bonchev–Trinajstić information content (AvgIpc) is 2.57. The normalized spacial score (nSPS) is 21.5. The Hall–Kier alpha value is -1.57. The molecule has 1 aliphatic carbocycles. The van der Waals surface area contributed by atoms with Gasteiger partial charge in [0, 0.05) is 0 Å². The van der Waals surface area contributed by atoms with Crippen LogP contribution in [0.1, 0.15) is 37.7 Å². The van der Waals surface area contributed by atoms with Gasteiger partial charge in [-0.15, -0.1) is 0 Å². The van der Waals surface area contributed by atoms with E-state index in [2.05, 4.69) is 35.5 Å². The Morgan fingerprint density at radius 3 is 2.59 bits per heavy atom. The molecule has 1 fully saturated rings. The molecule has 2 heteroatoms. The summed E-state index contributed by atoms with van der Waals surface area (Å²) in [6.45, 7) is 0. The Labute approximate surface area is 103 Å². The number of benzene rings is 1. The van der Waals surface area contributed by atoms with Gasteiger partial charge >= 0.3 is 0 Å². The first kappa shape index (κ1) is 11.9. The standard InChI is InChI=1S/C15H19NO/c1-17-16-15-11-7-3-6-10-14(15)12-13-8-4-2-5-9-13/h2,4-5,8-9,12H,3,6-7,10-11H2,1H3/b14-12+,16-15+. The van der Waals surface area contributed by atoms with Gasteiger partial charge in [-0.3, -0.25) is 0 Å². The Morgan fingerprint density at radius 2 is 1.82 bits per heavy atom. The fourth-order valence-electron chi connectivity index (χ4n) is 2.21. The average molecular weight is 229 g/mol. The predicted molar refractivity (Wildman–Crippen MR) is 71.9 cm³/mol. The van der Waals surface area contributed by atoms with Gasteiger partial charge in [-0.1, -0.05) is 41.9 Å². The van der Waals surface area contributed by atoms with Crippen molar-refractivity contribution in [1.29, 1.82) is 0 Å². The van der Waals surface area contributed by atoms with E-state index < -0.39 is 0 Å². The highest BCUT2D eigenvalue weighted by Crippen LogP contribution is 2.22. The minimum Gasteiger partial charge on any atom is -0.399 e. The van der Waals surface area contributed by atoms with E-state index in [0.29, 0.717) is 0 Å². The summed E-state index contributed by atoms with van der Waals surface area (Å²) in [7, 11) is 1.62. The molecule has 0 heterocycles. The van der Waals surface area contributed by atoms with Crippen molar-refractivity contribution in [2.45, 2.75) is 32.1 Å². The smallest absolute Gasteiger partial charge is 0.106 e. The molecule has 1 saturated carbocycles. The number of oxime groups is 1. The maximum atomic E-state index is 4.95. The van der Waals surface area contributed by atoms with Crippen LogP contribution in [-0.2, 0) is 4.84 Å². The van der Waals surface area contributed by atoms with E-state index >= 15 is 0 Å². The minimum absolute atomic E-state index is 1.03. The summed E-state index contributed by atoms with van der Waals surface area (Å²) in [6.07, 6.45) is 8.14. The van der Waals surface area contributed by atoms with Crippen LogP contribution in [0.25, 0.3) is 6.08 Å². The molecule has 0 aliphatic heterocycles. The quantitative estimate of drug-likeness (QED) is 0.554. The maximum Gasteiger partial charge on any atom is 0.106 e. The second-order valence-corrected chi connectivity index (χ2v) is 4.36. The van der Waals surface area contributed by atoms with Crippen LogP contribution >= 0.6 is 0 Å². The zero-order valence-electron chi connectivity index (χ0n) is 10.4. The van der Waals surface area contributed by atoms with Crippen LogP contribution < -0.4 is 0 Å². The zero-order valence-corrected chi connectivity index (χ0v) is 10.4. The Morgan fingerprint density at radius 1 is 1.06 bits per heavy atom. The Kier molecular flexibility index (Phi) is 4.37. The van der Waals surface area contributed by atoms with Crippen LogP contribution in [0.4, 0.5) is 0 Å². The van der Waals surface area contributed by atoms with Crippen LogP contribution in [0.3, 0.4) is 0 Å². The summed E-state index contributed by atoms with van der Waals surface area (Å²) in [6, 6.07) is 10.4.